The first-order valence-corrected chi connectivity index (χ1v) is 7.22. The maximum Gasteiger partial charge on any atom is 0.176 e. The summed E-state index contributed by atoms with van der Waals surface area (Å²) >= 11 is 28.8. The lowest BCUT2D eigenvalue weighted by Crippen LogP contribution is -2.20. The molecule has 0 spiro atoms. The normalized spacial score (nSPS) is 10.2. The molecular weight excluding hydrogens is 360 g/mol. The molecule has 2 N–H and O–H groups in total. The van der Waals surface area contributed by atoms with E-state index in [1.165, 1.54) is 6.20 Å². The van der Waals surface area contributed by atoms with Gasteiger partial charge in [0, 0.05) is 11.2 Å². The summed E-state index contributed by atoms with van der Waals surface area (Å²) in [6.07, 6.45) is 1.47. The van der Waals surface area contributed by atoms with Gasteiger partial charge in [-0.15, -0.1) is 0 Å². The Balaban J connectivity index is 2.09. The van der Waals surface area contributed by atoms with Crippen molar-refractivity contribution in [1.82, 2.24) is 4.98 Å². The minimum Gasteiger partial charge on any atom is -0.331 e. The number of rotatable bonds is 2. The molecule has 1 aromatic heterocycles. The van der Waals surface area contributed by atoms with Crippen molar-refractivity contribution >= 4 is 75.2 Å². The number of thiocarbonyl (C=S) groups is 1. The molecular formula is C12H7Cl4N3S. The van der Waals surface area contributed by atoms with Crippen LogP contribution >= 0.6 is 58.6 Å². The molecule has 2 rings (SSSR count). The van der Waals surface area contributed by atoms with Crippen molar-refractivity contribution in [2.75, 3.05) is 10.6 Å². The molecule has 0 unspecified atom stereocenters. The Morgan fingerprint density at radius 3 is 2.30 bits per heavy atom. The van der Waals surface area contributed by atoms with E-state index in [0.717, 1.165) is 0 Å². The van der Waals surface area contributed by atoms with Crippen LogP contribution in [0.1, 0.15) is 0 Å². The zero-order chi connectivity index (χ0) is 14.7. The first kappa shape index (κ1) is 15.6. The summed E-state index contributed by atoms with van der Waals surface area (Å²) in [6.45, 7) is 0. The molecule has 0 aliphatic carbocycles. The highest BCUT2D eigenvalue weighted by molar-refractivity contribution is 7.80. The van der Waals surface area contributed by atoms with E-state index in [2.05, 4.69) is 15.6 Å². The van der Waals surface area contributed by atoms with E-state index >= 15 is 0 Å². The van der Waals surface area contributed by atoms with Crippen molar-refractivity contribution in [2.45, 2.75) is 0 Å². The molecule has 0 saturated carbocycles. The number of nitrogens with zero attached hydrogens (tertiary/aromatic N) is 1. The van der Waals surface area contributed by atoms with Crippen LogP contribution in [0, 0.1) is 0 Å². The molecule has 0 radical (unpaired) electrons. The largest absolute Gasteiger partial charge is 0.331 e. The van der Waals surface area contributed by atoms with E-state index in [0.29, 0.717) is 36.7 Å². The molecule has 0 aliphatic rings. The SMILES string of the molecule is S=C(Nc1ccc(Cl)cc1Cl)Nc1ncc(Cl)cc1Cl. The van der Waals surface area contributed by atoms with Crippen molar-refractivity contribution in [1.29, 1.82) is 0 Å². The lowest BCUT2D eigenvalue weighted by molar-refractivity contribution is 1.32. The van der Waals surface area contributed by atoms with Gasteiger partial charge in [-0.25, -0.2) is 4.98 Å². The van der Waals surface area contributed by atoms with E-state index in [4.69, 9.17) is 58.6 Å². The molecule has 0 amide bonds. The molecule has 0 saturated heterocycles. The fraction of sp³-hybridized carbons (Fsp3) is 0. The van der Waals surface area contributed by atoms with Gasteiger partial charge in [0.1, 0.15) is 0 Å². The van der Waals surface area contributed by atoms with E-state index in [-0.39, 0.29) is 0 Å². The Labute approximate surface area is 141 Å². The summed E-state index contributed by atoms with van der Waals surface area (Å²) in [4.78, 5) is 4.04. The third-order valence-electron chi connectivity index (χ3n) is 2.22. The molecule has 2 aromatic rings. The fourth-order valence-corrected chi connectivity index (χ4v) is 2.45. The zero-order valence-corrected chi connectivity index (χ0v) is 13.6. The molecule has 104 valence electrons. The minimum atomic E-state index is 0.297. The van der Waals surface area contributed by atoms with Crippen molar-refractivity contribution in [3.05, 3.63) is 50.6 Å². The summed E-state index contributed by atoms with van der Waals surface area (Å²) in [5, 5.41) is 7.89. The van der Waals surface area contributed by atoms with E-state index in [9.17, 15) is 0 Å². The number of hydrogen-bond donors (Lipinski definition) is 2. The van der Waals surface area contributed by atoms with Gasteiger partial charge >= 0.3 is 0 Å². The Hall–Kier alpha value is -0.780. The summed E-state index contributed by atoms with van der Waals surface area (Å²) in [5.74, 6) is 0.402. The van der Waals surface area contributed by atoms with Crippen LogP contribution in [-0.4, -0.2) is 10.1 Å². The number of nitrogens with one attached hydrogen (secondary N) is 2. The number of aromatic nitrogens is 1. The van der Waals surface area contributed by atoms with E-state index < -0.39 is 0 Å². The Kier molecular flexibility index (Phi) is 5.29. The third kappa shape index (κ3) is 4.11. The Morgan fingerprint density at radius 1 is 0.950 bits per heavy atom. The van der Waals surface area contributed by atoms with E-state index in [1.54, 1.807) is 24.3 Å². The topological polar surface area (TPSA) is 37.0 Å². The van der Waals surface area contributed by atoms with E-state index in [1.807, 2.05) is 0 Å². The third-order valence-corrected chi connectivity index (χ3v) is 3.47. The van der Waals surface area contributed by atoms with Crippen molar-refractivity contribution < 1.29 is 0 Å². The molecule has 3 nitrogen and oxygen atoms in total. The number of pyridine rings is 1. The minimum absolute atomic E-state index is 0.297. The first-order valence-electron chi connectivity index (χ1n) is 5.30. The van der Waals surface area contributed by atoms with Gasteiger partial charge in [-0.05, 0) is 36.5 Å². The van der Waals surface area contributed by atoms with Crippen molar-refractivity contribution in [2.24, 2.45) is 0 Å². The second kappa shape index (κ2) is 6.78. The standard InChI is InChI=1S/C12H7Cl4N3S/c13-6-1-2-10(8(15)3-6)18-12(20)19-11-9(16)4-7(14)5-17-11/h1-5H,(H2,17,18,19,20). The van der Waals surface area contributed by atoms with Crippen LogP contribution < -0.4 is 10.6 Å². The molecule has 0 fully saturated rings. The van der Waals surface area contributed by atoms with Crippen molar-refractivity contribution in [3.63, 3.8) is 0 Å². The average molecular weight is 367 g/mol. The van der Waals surface area contributed by atoms with Gasteiger partial charge in [0.25, 0.3) is 0 Å². The van der Waals surface area contributed by atoms with Crippen LogP contribution in [0.15, 0.2) is 30.5 Å². The summed E-state index contributed by atoms with van der Waals surface area (Å²) in [5.41, 5.74) is 0.624. The van der Waals surface area contributed by atoms with Crippen LogP contribution in [0.5, 0.6) is 0 Å². The van der Waals surface area contributed by atoms with Crippen LogP contribution in [0.3, 0.4) is 0 Å². The lowest BCUT2D eigenvalue weighted by atomic mass is 10.3. The fourth-order valence-electron chi connectivity index (χ4n) is 1.36. The maximum absolute atomic E-state index is 6.04. The second-order valence-electron chi connectivity index (χ2n) is 3.69. The van der Waals surface area contributed by atoms with Gasteiger partial charge in [0.15, 0.2) is 10.9 Å². The molecule has 1 aromatic carbocycles. The highest BCUT2D eigenvalue weighted by Gasteiger charge is 2.07. The van der Waals surface area contributed by atoms with Gasteiger partial charge < -0.3 is 10.6 Å². The molecule has 0 aliphatic heterocycles. The molecule has 0 atom stereocenters. The first-order chi connectivity index (χ1) is 9.45. The highest BCUT2D eigenvalue weighted by Crippen LogP contribution is 2.26. The molecule has 20 heavy (non-hydrogen) atoms. The molecule has 0 bridgehead atoms. The Morgan fingerprint density at radius 2 is 1.65 bits per heavy atom. The van der Waals surface area contributed by atoms with Crippen LogP contribution in [0.4, 0.5) is 11.5 Å². The predicted molar refractivity (Wildman–Crippen MR) is 90.6 cm³/mol. The van der Waals surface area contributed by atoms with Gasteiger partial charge in [-0.2, -0.15) is 0 Å². The zero-order valence-electron chi connectivity index (χ0n) is 9.75. The van der Waals surface area contributed by atoms with Crippen LogP contribution in [0.25, 0.3) is 0 Å². The van der Waals surface area contributed by atoms with Gasteiger partial charge in [-0.3, -0.25) is 0 Å². The summed E-state index contributed by atoms with van der Waals surface area (Å²) in [6, 6.07) is 6.60. The number of benzene rings is 1. The molecule has 8 heteroatoms. The number of halogens is 4. The van der Waals surface area contributed by atoms with Gasteiger partial charge in [0.2, 0.25) is 0 Å². The highest BCUT2D eigenvalue weighted by atomic mass is 35.5. The maximum atomic E-state index is 6.04. The number of hydrogen-bond acceptors (Lipinski definition) is 2. The smallest absolute Gasteiger partial charge is 0.176 e. The van der Waals surface area contributed by atoms with Crippen LogP contribution in [0.2, 0.25) is 20.1 Å². The summed E-state index contributed by atoms with van der Waals surface area (Å²) in [7, 11) is 0. The number of anilines is 2. The second-order valence-corrected chi connectivity index (χ2v) is 5.78. The Bertz CT molecular complexity index is 608. The van der Waals surface area contributed by atoms with Gasteiger partial charge in [0.05, 0.1) is 20.8 Å². The molecule has 1 heterocycles. The lowest BCUT2D eigenvalue weighted by Gasteiger charge is -2.12. The quantitative estimate of drug-likeness (QED) is 0.687. The van der Waals surface area contributed by atoms with Gasteiger partial charge in [-0.1, -0.05) is 46.4 Å². The van der Waals surface area contributed by atoms with Crippen molar-refractivity contribution in [3.8, 4) is 0 Å². The summed E-state index contributed by atoms with van der Waals surface area (Å²) < 4.78 is 0. The predicted octanol–water partition coefficient (Wildman–Crippen LogP) is 5.50. The average Bonchev–Trinajstić information content (AvgIpc) is 2.36. The monoisotopic (exact) mass is 365 g/mol. The van der Waals surface area contributed by atoms with Crippen LogP contribution in [-0.2, 0) is 0 Å².